The van der Waals surface area contributed by atoms with Gasteiger partial charge in [0.15, 0.2) is 22.3 Å². The molecule has 0 atom stereocenters. The molecule has 1 saturated heterocycles. The van der Waals surface area contributed by atoms with Gasteiger partial charge < -0.3 is 25.0 Å². The van der Waals surface area contributed by atoms with E-state index in [0.717, 1.165) is 37.3 Å². The molecule has 11 heteroatoms. The maximum Gasteiger partial charge on any atom is 0.433 e. The van der Waals surface area contributed by atoms with E-state index in [2.05, 4.69) is 20.6 Å². The lowest BCUT2D eigenvalue weighted by Crippen LogP contribution is -2.30. The Hall–Kier alpha value is -2.82. The summed E-state index contributed by atoms with van der Waals surface area (Å²) in [6, 6.07) is 6.51. The summed E-state index contributed by atoms with van der Waals surface area (Å²) in [4.78, 5) is 9.82. The monoisotopic (exact) mass is 467 g/mol. The van der Waals surface area contributed by atoms with Crippen molar-refractivity contribution in [3.63, 3.8) is 0 Å². The number of benzene rings is 1. The fraction of sp³-hybridized carbons (Fsp3) is 0.476. The second-order valence-corrected chi connectivity index (χ2v) is 8.03. The first-order valence-electron chi connectivity index (χ1n) is 10.5. The molecule has 4 rings (SSSR count). The summed E-state index contributed by atoms with van der Waals surface area (Å²) >= 11 is 5.26. The predicted octanol–water partition coefficient (Wildman–Crippen LogP) is 4.13. The van der Waals surface area contributed by atoms with Crippen molar-refractivity contribution in [3.05, 3.63) is 35.5 Å². The summed E-state index contributed by atoms with van der Waals surface area (Å²) in [7, 11) is 0. The zero-order valence-corrected chi connectivity index (χ0v) is 18.2. The Morgan fingerprint density at radius 2 is 1.72 bits per heavy atom. The van der Waals surface area contributed by atoms with Crippen LogP contribution in [-0.4, -0.2) is 41.4 Å². The number of thiocarbonyl (C=S) groups is 1. The Morgan fingerprint density at radius 3 is 2.44 bits per heavy atom. The number of fused-ring (bicyclic) bond motifs is 1. The third-order valence-corrected chi connectivity index (χ3v) is 5.46. The van der Waals surface area contributed by atoms with Gasteiger partial charge in [-0.25, -0.2) is 4.98 Å². The lowest BCUT2D eigenvalue weighted by Gasteiger charge is -2.23. The molecule has 2 aliphatic rings. The molecule has 0 aliphatic carbocycles. The first-order chi connectivity index (χ1) is 15.4. The van der Waals surface area contributed by atoms with Gasteiger partial charge in [0.05, 0.1) is 0 Å². The molecule has 0 radical (unpaired) electrons. The number of anilines is 2. The van der Waals surface area contributed by atoms with Crippen LogP contribution in [0, 0.1) is 0 Å². The molecule has 3 heterocycles. The molecule has 0 unspecified atom stereocenters. The van der Waals surface area contributed by atoms with E-state index >= 15 is 0 Å². The van der Waals surface area contributed by atoms with Crippen molar-refractivity contribution >= 4 is 29.1 Å². The van der Waals surface area contributed by atoms with Crippen LogP contribution in [0.1, 0.15) is 36.9 Å². The molecule has 32 heavy (non-hydrogen) atoms. The van der Waals surface area contributed by atoms with Crippen LogP contribution in [0.2, 0.25) is 0 Å². The smallest absolute Gasteiger partial charge is 0.433 e. The SMILES string of the molecule is FC(F)(F)c1cc(N2CCCCCC2)nc(NC(=S)NCc2ccc3c(c2)OCCO3)n1. The van der Waals surface area contributed by atoms with Gasteiger partial charge in [0, 0.05) is 25.7 Å². The molecule has 0 bridgehead atoms. The number of rotatable bonds is 4. The molecule has 1 aromatic heterocycles. The minimum Gasteiger partial charge on any atom is -0.486 e. The van der Waals surface area contributed by atoms with E-state index in [1.54, 1.807) is 0 Å². The Balaban J connectivity index is 1.45. The van der Waals surface area contributed by atoms with Crippen LogP contribution < -0.4 is 25.0 Å². The molecule has 0 spiro atoms. The maximum atomic E-state index is 13.4. The number of aromatic nitrogens is 2. The molecule has 2 N–H and O–H groups in total. The first kappa shape index (κ1) is 22.4. The molecule has 2 aliphatic heterocycles. The number of nitrogens with one attached hydrogen (secondary N) is 2. The topological polar surface area (TPSA) is 71.5 Å². The van der Waals surface area contributed by atoms with E-state index in [4.69, 9.17) is 21.7 Å². The molecule has 1 fully saturated rings. The quantitative estimate of drug-likeness (QED) is 0.651. The molecular formula is C21H24F3N5O2S. The molecular weight excluding hydrogens is 443 g/mol. The van der Waals surface area contributed by atoms with Gasteiger partial charge in [-0.2, -0.15) is 18.2 Å². The Labute approximate surface area is 189 Å². The number of hydrogen-bond acceptors (Lipinski definition) is 6. The Bertz CT molecular complexity index is 965. The van der Waals surface area contributed by atoms with Crippen molar-refractivity contribution in [1.29, 1.82) is 0 Å². The van der Waals surface area contributed by atoms with E-state index in [-0.39, 0.29) is 16.9 Å². The second-order valence-electron chi connectivity index (χ2n) is 7.62. The van der Waals surface area contributed by atoms with Gasteiger partial charge in [-0.15, -0.1) is 0 Å². The van der Waals surface area contributed by atoms with Gasteiger partial charge >= 0.3 is 6.18 Å². The number of halogens is 3. The largest absolute Gasteiger partial charge is 0.486 e. The summed E-state index contributed by atoms with van der Waals surface area (Å²) in [6.07, 6.45) is -0.618. The lowest BCUT2D eigenvalue weighted by molar-refractivity contribution is -0.141. The van der Waals surface area contributed by atoms with Crippen molar-refractivity contribution in [1.82, 2.24) is 15.3 Å². The van der Waals surface area contributed by atoms with E-state index in [1.165, 1.54) is 0 Å². The second kappa shape index (κ2) is 9.76. The average molecular weight is 468 g/mol. The molecule has 0 amide bonds. The van der Waals surface area contributed by atoms with Crippen LogP contribution in [0.4, 0.5) is 24.9 Å². The van der Waals surface area contributed by atoms with Crippen molar-refractivity contribution < 1.29 is 22.6 Å². The summed E-state index contributed by atoms with van der Waals surface area (Å²) in [6.45, 7) is 2.67. The summed E-state index contributed by atoms with van der Waals surface area (Å²) in [5, 5.41) is 5.79. The van der Waals surface area contributed by atoms with Crippen molar-refractivity contribution in [2.24, 2.45) is 0 Å². The third kappa shape index (κ3) is 5.70. The predicted molar refractivity (Wildman–Crippen MR) is 118 cm³/mol. The van der Waals surface area contributed by atoms with Gasteiger partial charge in [0.25, 0.3) is 0 Å². The number of nitrogens with zero attached hydrogens (tertiary/aromatic N) is 3. The van der Waals surface area contributed by atoms with Gasteiger partial charge in [0.2, 0.25) is 5.95 Å². The lowest BCUT2D eigenvalue weighted by atomic mass is 10.2. The zero-order chi connectivity index (χ0) is 22.6. The summed E-state index contributed by atoms with van der Waals surface area (Å²) in [5.74, 6) is 1.40. The van der Waals surface area contributed by atoms with E-state index in [9.17, 15) is 13.2 Å². The number of ether oxygens (including phenoxy) is 2. The van der Waals surface area contributed by atoms with Crippen molar-refractivity contribution in [3.8, 4) is 11.5 Å². The highest BCUT2D eigenvalue weighted by atomic mass is 32.1. The van der Waals surface area contributed by atoms with Gasteiger partial charge in [0.1, 0.15) is 19.0 Å². The van der Waals surface area contributed by atoms with E-state index in [0.29, 0.717) is 44.3 Å². The number of alkyl halides is 3. The Kier molecular flexibility index (Phi) is 6.83. The minimum absolute atomic E-state index is 0.126. The minimum atomic E-state index is -4.58. The highest BCUT2D eigenvalue weighted by Crippen LogP contribution is 2.32. The highest BCUT2D eigenvalue weighted by Gasteiger charge is 2.34. The maximum absolute atomic E-state index is 13.4. The molecule has 1 aromatic carbocycles. The summed E-state index contributed by atoms with van der Waals surface area (Å²) < 4.78 is 51.4. The molecule has 2 aromatic rings. The van der Waals surface area contributed by atoms with Crippen LogP contribution in [-0.2, 0) is 12.7 Å². The number of hydrogen-bond donors (Lipinski definition) is 2. The van der Waals surface area contributed by atoms with Crippen LogP contribution >= 0.6 is 12.2 Å². The van der Waals surface area contributed by atoms with Gasteiger partial charge in [-0.05, 0) is 42.8 Å². The summed E-state index contributed by atoms with van der Waals surface area (Å²) in [5.41, 5.74) is -0.113. The normalized spacial score (nSPS) is 16.3. The van der Waals surface area contributed by atoms with Crippen LogP contribution in [0.3, 0.4) is 0 Å². The van der Waals surface area contributed by atoms with Crippen LogP contribution in [0.25, 0.3) is 0 Å². The zero-order valence-electron chi connectivity index (χ0n) is 17.4. The third-order valence-electron chi connectivity index (χ3n) is 5.22. The van der Waals surface area contributed by atoms with Crippen LogP contribution in [0.15, 0.2) is 24.3 Å². The van der Waals surface area contributed by atoms with Gasteiger partial charge in [-0.3, -0.25) is 0 Å². The molecule has 7 nitrogen and oxygen atoms in total. The molecule has 0 saturated carbocycles. The molecule has 172 valence electrons. The van der Waals surface area contributed by atoms with Crippen LogP contribution in [0.5, 0.6) is 11.5 Å². The highest BCUT2D eigenvalue weighted by molar-refractivity contribution is 7.80. The van der Waals surface area contributed by atoms with E-state index in [1.807, 2.05) is 23.1 Å². The van der Waals surface area contributed by atoms with Crippen molar-refractivity contribution in [2.75, 3.05) is 36.5 Å². The first-order valence-corrected chi connectivity index (χ1v) is 10.9. The van der Waals surface area contributed by atoms with Gasteiger partial charge in [-0.1, -0.05) is 18.9 Å². The Morgan fingerprint density at radius 1 is 1.00 bits per heavy atom. The van der Waals surface area contributed by atoms with Crippen molar-refractivity contribution in [2.45, 2.75) is 38.4 Å². The average Bonchev–Trinajstić information content (AvgIpc) is 3.06. The fourth-order valence-corrected chi connectivity index (χ4v) is 3.79. The fourth-order valence-electron chi connectivity index (χ4n) is 3.62. The van der Waals surface area contributed by atoms with E-state index < -0.39 is 11.9 Å². The standard InChI is InChI=1S/C21H24F3N5O2S/c22-21(23,24)17-12-18(29-7-3-1-2-4-8-29)27-19(26-17)28-20(32)25-13-14-5-6-15-16(11-14)31-10-9-30-15/h5-6,11-12H,1-4,7-10,13H2,(H2,25,26,27,28,32).